The first-order valence-corrected chi connectivity index (χ1v) is 10.0. The van der Waals surface area contributed by atoms with Gasteiger partial charge >= 0.3 is 0 Å². The maximum Gasteiger partial charge on any atom is 0.229 e. The highest BCUT2D eigenvalue weighted by Crippen LogP contribution is 2.12. The predicted molar refractivity (Wildman–Crippen MR) is 100 cm³/mol. The first-order valence-electron chi connectivity index (χ1n) is 8.35. The lowest BCUT2D eigenvalue weighted by Crippen LogP contribution is -2.44. The van der Waals surface area contributed by atoms with Gasteiger partial charge in [-0.2, -0.15) is 0 Å². The molecule has 0 radical (unpaired) electrons. The number of imide groups is 1. The number of carbonyl (C=O) groups excluding carboxylic acids is 2. The third kappa shape index (κ3) is 5.86. The Hall–Kier alpha value is -2.37. The fraction of sp³-hybridized carbons (Fsp3) is 0.444. The molecule has 1 aromatic carbocycles. The lowest BCUT2D eigenvalue weighted by molar-refractivity contribution is -0.147. The lowest BCUT2D eigenvalue weighted by atomic mass is 10.1. The van der Waals surface area contributed by atoms with E-state index in [4.69, 9.17) is 0 Å². The van der Waals surface area contributed by atoms with Crippen molar-refractivity contribution in [3.8, 4) is 11.8 Å². The predicted octanol–water partition coefficient (Wildman–Crippen LogP) is 0.563. The van der Waals surface area contributed by atoms with Gasteiger partial charge in [0.2, 0.25) is 21.8 Å². The van der Waals surface area contributed by atoms with E-state index in [2.05, 4.69) is 16.6 Å². The van der Waals surface area contributed by atoms with Gasteiger partial charge in [0.15, 0.2) is 0 Å². The molecule has 1 N–H and O–H groups in total. The second-order valence-corrected chi connectivity index (χ2v) is 8.10. The van der Waals surface area contributed by atoms with Gasteiger partial charge in [0.05, 0.1) is 12.3 Å². The van der Waals surface area contributed by atoms with E-state index < -0.39 is 10.0 Å². The molecule has 1 saturated heterocycles. The molecule has 0 bridgehead atoms. The molecule has 0 unspecified atom stereocenters. The van der Waals surface area contributed by atoms with Crippen LogP contribution in [0.2, 0.25) is 0 Å². The first-order chi connectivity index (χ1) is 12.3. The van der Waals surface area contributed by atoms with Gasteiger partial charge in [-0.05, 0) is 30.7 Å². The van der Waals surface area contributed by atoms with E-state index in [1.807, 2.05) is 43.3 Å². The van der Waals surface area contributed by atoms with E-state index in [-0.39, 0.29) is 43.5 Å². The maximum absolute atomic E-state index is 12.0. The number of carbonyl (C=O) groups is 2. The van der Waals surface area contributed by atoms with Crippen LogP contribution >= 0.6 is 0 Å². The van der Waals surface area contributed by atoms with E-state index in [1.54, 1.807) is 0 Å². The summed E-state index contributed by atoms with van der Waals surface area (Å²) in [5, 5.41) is 0. The second kappa shape index (κ2) is 8.83. The maximum atomic E-state index is 12.0. The van der Waals surface area contributed by atoms with Crippen LogP contribution in [0.4, 0.5) is 5.69 Å². The molecule has 140 valence electrons. The van der Waals surface area contributed by atoms with Crippen LogP contribution in [0, 0.1) is 11.8 Å². The fourth-order valence-electron chi connectivity index (χ4n) is 2.47. The quantitative estimate of drug-likeness (QED) is 0.578. The highest BCUT2D eigenvalue weighted by Gasteiger charge is 2.26. The summed E-state index contributed by atoms with van der Waals surface area (Å²) in [7, 11) is 0.284. The summed E-state index contributed by atoms with van der Waals surface area (Å²) in [5.41, 5.74) is 1.84. The van der Waals surface area contributed by atoms with Crippen molar-refractivity contribution in [2.24, 2.45) is 0 Å². The molecule has 2 amide bonds. The van der Waals surface area contributed by atoms with Crippen LogP contribution < -0.4 is 9.62 Å². The zero-order valence-corrected chi connectivity index (χ0v) is 15.8. The Balaban J connectivity index is 1.83. The van der Waals surface area contributed by atoms with Gasteiger partial charge in [0.1, 0.15) is 0 Å². The third-order valence-corrected chi connectivity index (χ3v) is 5.27. The number of likely N-dealkylation sites (tertiary alicyclic amines) is 1. The zero-order chi connectivity index (χ0) is 19.2. The van der Waals surface area contributed by atoms with Gasteiger partial charge in [-0.15, -0.1) is 0 Å². The van der Waals surface area contributed by atoms with Gasteiger partial charge in [-0.3, -0.25) is 14.5 Å². The summed E-state index contributed by atoms with van der Waals surface area (Å²) in [6, 6.07) is 7.59. The van der Waals surface area contributed by atoms with Gasteiger partial charge in [-0.25, -0.2) is 13.1 Å². The number of piperidine rings is 1. The molecule has 1 aliphatic rings. The number of hydrogen-bond donors (Lipinski definition) is 1. The molecule has 1 fully saturated rings. The molecule has 0 spiro atoms. The molecule has 1 aliphatic heterocycles. The van der Waals surface area contributed by atoms with Crippen LogP contribution in [0.15, 0.2) is 24.3 Å². The molecule has 0 saturated carbocycles. The summed E-state index contributed by atoms with van der Waals surface area (Å²) in [4.78, 5) is 26.3. The minimum atomic E-state index is -3.61. The van der Waals surface area contributed by atoms with Crippen molar-refractivity contribution in [3.05, 3.63) is 29.8 Å². The highest BCUT2D eigenvalue weighted by molar-refractivity contribution is 7.89. The largest absolute Gasteiger partial charge is 0.378 e. The Labute approximate surface area is 154 Å². The molecular weight excluding hydrogens is 354 g/mol. The molecule has 7 nitrogen and oxygen atoms in total. The number of nitrogens with zero attached hydrogens (tertiary/aromatic N) is 2. The van der Waals surface area contributed by atoms with Crippen LogP contribution in [0.25, 0.3) is 0 Å². The van der Waals surface area contributed by atoms with Gasteiger partial charge in [0, 0.05) is 44.7 Å². The minimum absolute atomic E-state index is 0.0281. The Kier molecular flexibility index (Phi) is 6.77. The first kappa shape index (κ1) is 19.9. The van der Waals surface area contributed by atoms with Gasteiger partial charge in [0.25, 0.3) is 0 Å². The number of anilines is 1. The van der Waals surface area contributed by atoms with Gasteiger partial charge in [-0.1, -0.05) is 11.8 Å². The minimum Gasteiger partial charge on any atom is -0.378 e. The molecule has 0 aromatic heterocycles. The fourth-order valence-corrected chi connectivity index (χ4v) is 3.33. The lowest BCUT2D eigenvalue weighted by Gasteiger charge is -2.24. The van der Waals surface area contributed by atoms with Crippen molar-refractivity contribution in [3.63, 3.8) is 0 Å². The topological polar surface area (TPSA) is 86.8 Å². The molecule has 1 heterocycles. The second-order valence-electron chi connectivity index (χ2n) is 6.18. The van der Waals surface area contributed by atoms with E-state index in [0.717, 1.165) is 16.2 Å². The van der Waals surface area contributed by atoms with Crippen LogP contribution in [-0.2, 0) is 19.6 Å². The summed E-state index contributed by atoms with van der Waals surface area (Å²) in [6.07, 6.45) is 1.11. The van der Waals surface area contributed by atoms with Gasteiger partial charge < -0.3 is 4.90 Å². The molecule has 0 aliphatic carbocycles. The van der Waals surface area contributed by atoms with Crippen molar-refractivity contribution < 1.29 is 18.0 Å². The summed E-state index contributed by atoms with van der Waals surface area (Å²) in [6.45, 7) is -0.147. The van der Waals surface area contributed by atoms with Crippen molar-refractivity contribution in [2.75, 3.05) is 37.8 Å². The number of hydrogen-bond acceptors (Lipinski definition) is 5. The number of benzene rings is 1. The summed E-state index contributed by atoms with van der Waals surface area (Å²) in [5.74, 6) is 4.72. The van der Waals surface area contributed by atoms with E-state index in [9.17, 15) is 18.0 Å². The average molecular weight is 377 g/mol. The number of sulfonamides is 1. The molecule has 26 heavy (non-hydrogen) atoms. The van der Waals surface area contributed by atoms with E-state index in [0.29, 0.717) is 6.42 Å². The Morgan fingerprint density at radius 2 is 1.73 bits per heavy atom. The number of amides is 2. The smallest absolute Gasteiger partial charge is 0.229 e. The van der Waals surface area contributed by atoms with E-state index >= 15 is 0 Å². The third-order valence-electron chi connectivity index (χ3n) is 3.96. The zero-order valence-electron chi connectivity index (χ0n) is 15.0. The standard InChI is InChI=1S/C18H23N3O4S/c1-20(2)16-10-8-15(9-11-16)5-4-12-19-26(24,25)14-13-21-17(22)6-3-7-18(21)23/h8-11,19H,3,6-7,12-14H2,1-2H3. The van der Waals surface area contributed by atoms with Crippen LogP contribution in [0.1, 0.15) is 24.8 Å². The summed E-state index contributed by atoms with van der Waals surface area (Å²) < 4.78 is 26.3. The molecular formula is C18H23N3O4S. The average Bonchev–Trinajstić information content (AvgIpc) is 2.58. The number of rotatable bonds is 6. The van der Waals surface area contributed by atoms with Crippen LogP contribution in [0.5, 0.6) is 0 Å². The van der Waals surface area contributed by atoms with Crippen molar-refractivity contribution in [1.82, 2.24) is 9.62 Å². The monoisotopic (exact) mass is 377 g/mol. The van der Waals surface area contributed by atoms with Crippen molar-refractivity contribution >= 4 is 27.5 Å². The molecule has 8 heteroatoms. The van der Waals surface area contributed by atoms with Crippen LogP contribution in [-0.4, -0.2) is 58.1 Å². The van der Waals surface area contributed by atoms with Crippen LogP contribution in [0.3, 0.4) is 0 Å². The molecule has 0 atom stereocenters. The van der Waals surface area contributed by atoms with E-state index in [1.165, 1.54) is 0 Å². The Bertz CT molecular complexity index is 804. The molecule has 1 aromatic rings. The SMILES string of the molecule is CN(C)c1ccc(C#CCNS(=O)(=O)CCN2C(=O)CCCC2=O)cc1. The summed E-state index contributed by atoms with van der Waals surface area (Å²) >= 11 is 0. The Morgan fingerprint density at radius 1 is 1.12 bits per heavy atom. The molecule has 2 rings (SSSR count). The normalized spacial score (nSPS) is 14.8. The number of nitrogens with one attached hydrogen (secondary N) is 1. The van der Waals surface area contributed by atoms with Crippen molar-refractivity contribution in [2.45, 2.75) is 19.3 Å². The van der Waals surface area contributed by atoms with Crippen molar-refractivity contribution in [1.29, 1.82) is 0 Å². The highest BCUT2D eigenvalue weighted by atomic mass is 32.2. The Morgan fingerprint density at radius 3 is 2.31 bits per heavy atom.